The number of benzene rings is 1. The molecule has 112 valence electrons. The molecule has 21 heavy (non-hydrogen) atoms. The number of tetrazole rings is 1. The van der Waals surface area contributed by atoms with Crippen molar-refractivity contribution in [1.82, 2.24) is 20.2 Å². The summed E-state index contributed by atoms with van der Waals surface area (Å²) in [6.07, 6.45) is 5.18. The Morgan fingerprint density at radius 3 is 2.90 bits per heavy atom. The van der Waals surface area contributed by atoms with Gasteiger partial charge in [0.25, 0.3) is 0 Å². The van der Waals surface area contributed by atoms with Crippen molar-refractivity contribution in [2.75, 3.05) is 5.73 Å². The van der Waals surface area contributed by atoms with Crippen LogP contribution in [0.4, 0.5) is 5.69 Å². The molecule has 6 heteroatoms. The highest BCUT2D eigenvalue weighted by Gasteiger charge is 2.24. The number of rotatable bonds is 3. The first-order chi connectivity index (χ1) is 10.1. The molecule has 0 bridgehead atoms. The lowest BCUT2D eigenvalue weighted by Gasteiger charge is -2.28. The smallest absolute Gasteiger partial charge is 0.183 e. The fourth-order valence-corrected chi connectivity index (χ4v) is 3.39. The Bertz CT molecular complexity index is 624. The topological polar surface area (TPSA) is 69.6 Å². The Labute approximate surface area is 129 Å². The van der Waals surface area contributed by atoms with Crippen molar-refractivity contribution in [1.29, 1.82) is 0 Å². The van der Waals surface area contributed by atoms with Crippen molar-refractivity contribution < 1.29 is 0 Å². The lowest BCUT2D eigenvalue weighted by molar-refractivity contribution is 0.221. The van der Waals surface area contributed by atoms with Gasteiger partial charge in [0, 0.05) is 17.8 Å². The summed E-state index contributed by atoms with van der Waals surface area (Å²) in [7, 11) is 0. The highest BCUT2D eigenvalue weighted by Crippen LogP contribution is 2.32. The molecule has 1 aromatic heterocycles. The van der Waals surface area contributed by atoms with E-state index >= 15 is 0 Å². The predicted octanol–water partition coefficient (Wildman–Crippen LogP) is 3.40. The third kappa shape index (κ3) is 3.02. The van der Waals surface area contributed by atoms with Crippen molar-refractivity contribution in [3.05, 3.63) is 23.2 Å². The second kappa shape index (κ2) is 6.02. The molecule has 2 aromatic rings. The molecule has 2 atom stereocenters. The minimum atomic E-state index is 0.586. The molecule has 2 unspecified atom stereocenters. The molecule has 0 amide bonds. The average Bonchev–Trinajstić information content (AvgIpc) is 2.89. The van der Waals surface area contributed by atoms with Gasteiger partial charge in [-0.05, 0) is 46.9 Å². The monoisotopic (exact) mass is 305 g/mol. The molecule has 0 spiro atoms. The summed E-state index contributed by atoms with van der Waals surface area (Å²) < 4.78 is 1.88. The van der Waals surface area contributed by atoms with Crippen LogP contribution >= 0.6 is 11.6 Å². The van der Waals surface area contributed by atoms with Crippen LogP contribution in [-0.4, -0.2) is 20.2 Å². The van der Waals surface area contributed by atoms with Gasteiger partial charge < -0.3 is 5.73 Å². The van der Waals surface area contributed by atoms with Crippen LogP contribution in [0.3, 0.4) is 0 Å². The second-order valence-electron chi connectivity index (χ2n) is 5.95. The van der Waals surface area contributed by atoms with E-state index in [1.54, 1.807) is 6.07 Å². The van der Waals surface area contributed by atoms with Gasteiger partial charge in [0.1, 0.15) is 0 Å². The molecule has 1 heterocycles. The fraction of sp³-hybridized carbons (Fsp3) is 0.533. The van der Waals surface area contributed by atoms with Crippen molar-refractivity contribution >= 4 is 17.3 Å². The average molecular weight is 306 g/mol. The van der Waals surface area contributed by atoms with Gasteiger partial charge in [-0.1, -0.05) is 37.8 Å². The van der Waals surface area contributed by atoms with Crippen LogP contribution < -0.4 is 5.73 Å². The zero-order valence-electron chi connectivity index (χ0n) is 12.2. The lowest BCUT2D eigenvalue weighted by atomic mass is 9.80. The SMILES string of the molecule is CC1CCCCC1Cn1nnnc1-c1ccc(N)cc1Cl. The standard InChI is InChI=1S/C15H20ClN5/c1-10-4-2-3-5-11(10)9-21-15(18-19-20-21)13-7-6-12(17)8-14(13)16/h6-8,10-11H,2-5,9,17H2,1H3. The van der Waals surface area contributed by atoms with Crippen LogP contribution in [0.2, 0.25) is 5.02 Å². The molecule has 5 nitrogen and oxygen atoms in total. The van der Waals surface area contributed by atoms with Crippen LogP contribution in [0.15, 0.2) is 18.2 Å². The number of nitrogen functional groups attached to an aromatic ring is 1. The van der Waals surface area contributed by atoms with E-state index in [2.05, 4.69) is 22.4 Å². The quantitative estimate of drug-likeness (QED) is 0.882. The molecule has 0 saturated heterocycles. The minimum absolute atomic E-state index is 0.586. The molecule has 0 aliphatic heterocycles. The summed E-state index contributed by atoms with van der Waals surface area (Å²) in [6.45, 7) is 3.17. The van der Waals surface area contributed by atoms with Gasteiger partial charge in [-0.3, -0.25) is 0 Å². The van der Waals surface area contributed by atoms with E-state index < -0.39 is 0 Å². The number of nitrogens with zero attached hydrogens (tertiary/aromatic N) is 4. The van der Waals surface area contributed by atoms with Crippen LogP contribution in [-0.2, 0) is 6.54 Å². The van der Waals surface area contributed by atoms with E-state index in [-0.39, 0.29) is 0 Å². The van der Waals surface area contributed by atoms with Gasteiger partial charge in [-0.2, -0.15) is 0 Å². The first kappa shape index (κ1) is 14.3. The Kier molecular flexibility index (Phi) is 4.10. The van der Waals surface area contributed by atoms with Gasteiger partial charge in [-0.25, -0.2) is 4.68 Å². The maximum atomic E-state index is 6.28. The number of hydrogen-bond acceptors (Lipinski definition) is 4. The highest BCUT2D eigenvalue weighted by atomic mass is 35.5. The molecule has 2 N–H and O–H groups in total. The summed E-state index contributed by atoms with van der Waals surface area (Å²) in [4.78, 5) is 0. The largest absolute Gasteiger partial charge is 0.399 e. The maximum absolute atomic E-state index is 6.28. The molecule has 1 aliphatic rings. The van der Waals surface area contributed by atoms with Gasteiger partial charge in [0.15, 0.2) is 5.82 Å². The normalized spacial score (nSPS) is 22.4. The molecular weight excluding hydrogens is 286 g/mol. The van der Waals surface area contributed by atoms with Gasteiger partial charge >= 0.3 is 0 Å². The van der Waals surface area contributed by atoms with Crippen LogP contribution in [0, 0.1) is 11.8 Å². The van der Waals surface area contributed by atoms with Crippen molar-refractivity contribution in [3.63, 3.8) is 0 Å². The summed E-state index contributed by atoms with van der Waals surface area (Å²) in [5, 5.41) is 12.7. The van der Waals surface area contributed by atoms with Crippen LogP contribution in [0.5, 0.6) is 0 Å². The summed E-state index contributed by atoms with van der Waals surface area (Å²) in [6, 6.07) is 5.44. The molecule has 3 rings (SSSR count). The van der Waals surface area contributed by atoms with Crippen molar-refractivity contribution in [2.45, 2.75) is 39.2 Å². The van der Waals surface area contributed by atoms with Crippen molar-refractivity contribution in [3.8, 4) is 11.4 Å². The maximum Gasteiger partial charge on any atom is 0.183 e. The molecule has 1 aliphatic carbocycles. The zero-order chi connectivity index (χ0) is 14.8. The number of anilines is 1. The van der Waals surface area contributed by atoms with E-state index in [9.17, 15) is 0 Å². The summed E-state index contributed by atoms with van der Waals surface area (Å²) >= 11 is 6.28. The van der Waals surface area contributed by atoms with Gasteiger partial charge in [0.05, 0.1) is 5.02 Å². The Morgan fingerprint density at radius 1 is 1.33 bits per heavy atom. The molecule has 1 saturated carbocycles. The second-order valence-corrected chi connectivity index (χ2v) is 6.35. The molecule has 0 radical (unpaired) electrons. The fourth-order valence-electron chi connectivity index (χ4n) is 3.12. The van der Waals surface area contributed by atoms with E-state index in [1.165, 1.54) is 25.7 Å². The number of halogens is 1. The third-order valence-electron chi connectivity index (χ3n) is 4.46. The number of hydrogen-bond donors (Lipinski definition) is 1. The Balaban J connectivity index is 1.86. The Hall–Kier alpha value is -1.62. The number of nitrogens with two attached hydrogens (primary N) is 1. The number of aromatic nitrogens is 4. The lowest BCUT2D eigenvalue weighted by Crippen LogP contribution is -2.23. The van der Waals surface area contributed by atoms with Crippen molar-refractivity contribution in [2.24, 2.45) is 11.8 Å². The van der Waals surface area contributed by atoms with Crippen LogP contribution in [0.25, 0.3) is 11.4 Å². The minimum Gasteiger partial charge on any atom is -0.399 e. The summed E-state index contributed by atoms with van der Waals surface area (Å²) in [5.41, 5.74) is 7.22. The first-order valence-corrected chi connectivity index (χ1v) is 7.84. The molecular formula is C15H20ClN5. The van der Waals surface area contributed by atoms with E-state index in [0.717, 1.165) is 23.9 Å². The third-order valence-corrected chi connectivity index (χ3v) is 4.78. The van der Waals surface area contributed by atoms with Crippen LogP contribution in [0.1, 0.15) is 32.6 Å². The summed E-state index contributed by atoms with van der Waals surface area (Å²) in [5.74, 6) is 2.07. The zero-order valence-corrected chi connectivity index (χ0v) is 12.9. The van der Waals surface area contributed by atoms with E-state index in [1.807, 2.05) is 16.8 Å². The first-order valence-electron chi connectivity index (χ1n) is 7.46. The molecule has 1 aromatic carbocycles. The highest BCUT2D eigenvalue weighted by molar-refractivity contribution is 6.33. The van der Waals surface area contributed by atoms with E-state index in [4.69, 9.17) is 17.3 Å². The Morgan fingerprint density at radius 2 is 2.14 bits per heavy atom. The van der Waals surface area contributed by atoms with Gasteiger partial charge in [0.2, 0.25) is 0 Å². The molecule has 1 fully saturated rings. The van der Waals surface area contributed by atoms with Gasteiger partial charge in [-0.15, -0.1) is 5.10 Å². The van der Waals surface area contributed by atoms with E-state index in [0.29, 0.717) is 16.6 Å². The predicted molar refractivity (Wildman–Crippen MR) is 83.8 cm³/mol.